The molecule has 3 saturated heterocycles. The van der Waals surface area contributed by atoms with Gasteiger partial charge in [-0.15, -0.1) is 0 Å². The number of carbonyl (C=O) groups is 1. The Hall–Kier alpha value is -1.65. The monoisotopic (exact) mass is 384 g/mol. The molecule has 4 rings (SSSR count). The van der Waals surface area contributed by atoms with Gasteiger partial charge in [-0.05, 0) is 14.1 Å². The fourth-order valence-corrected chi connectivity index (χ4v) is 6.67. The molecule has 3 aliphatic heterocycles. The second-order valence-corrected chi connectivity index (χ2v) is 9.69. The first-order chi connectivity index (χ1) is 12.4. The van der Waals surface area contributed by atoms with E-state index in [4.69, 9.17) is 9.26 Å². The predicted octanol–water partition coefficient (Wildman–Crippen LogP) is -0.690. The minimum Gasteiger partial charge on any atom is -0.378 e. The number of ether oxygens (including phenoxy) is 1. The van der Waals surface area contributed by atoms with Crippen molar-refractivity contribution < 1.29 is 22.5 Å². The van der Waals surface area contributed by atoms with E-state index < -0.39 is 15.1 Å². The van der Waals surface area contributed by atoms with Crippen molar-refractivity contribution in [3.63, 3.8) is 0 Å². The highest BCUT2D eigenvalue weighted by Gasteiger charge is 2.53. The van der Waals surface area contributed by atoms with Crippen molar-refractivity contribution in [3.8, 4) is 0 Å². The Labute approximate surface area is 152 Å². The van der Waals surface area contributed by atoms with Gasteiger partial charge in [0.05, 0.1) is 24.2 Å². The summed E-state index contributed by atoms with van der Waals surface area (Å²) in [6.45, 7) is 3.31. The summed E-state index contributed by atoms with van der Waals surface area (Å²) in [5.41, 5.74) is 0. The quantitative estimate of drug-likeness (QED) is 0.676. The minimum absolute atomic E-state index is 0.0542. The van der Waals surface area contributed by atoms with Crippen LogP contribution in [-0.2, 0) is 14.6 Å². The zero-order valence-corrected chi connectivity index (χ0v) is 15.8. The largest absolute Gasteiger partial charge is 0.378 e. The van der Waals surface area contributed by atoms with Crippen molar-refractivity contribution in [3.05, 3.63) is 11.8 Å². The van der Waals surface area contributed by atoms with Crippen molar-refractivity contribution in [2.24, 2.45) is 5.92 Å². The third-order valence-corrected chi connectivity index (χ3v) is 7.89. The molecular weight excluding hydrogens is 360 g/mol. The van der Waals surface area contributed by atoms with Crippen LogP contribution < -0.4 is 4.90 Å². The Bertz CT molecular complexity index is 786. The molecule has 0 N–H and O–H groups in total. The third kappa shape index (κ3) is 2.99. The molecule has 1 amide bonds. The Morgan fingerprint density at radius 3 is 2.69 bits per heavy atom. The van der Waals surface area contributed by atoms with E-state index in [9.17, 15) is 13.2 Å². The van der Waals surface area contributed by atoms with E-state index in [0.717, 1.165) is 0 Å². The fraction of sp³-hybridized carbons (Fsp3) is 0.750. The summed E-state index contributed by atoms with van der Waals surface area (Å²) in [6, 6.07) is 1.58. The summed E-state index contributed by atoms with van der Waals surface area (Å²) in [7, 11) is 0.592. The number of carbonyl (C=O) groups excluding carboxylic acids is 1. The number of amides is 1. The summed E-state index contributed by atoms with van der Waals surface area (Å²) in [4.78, 5) is 18.3. The summed E-state index contributed by atoms with van der Waals surface area (Å²) >= 11 is 0. The minimum atomic E-state index is -3.18. The number of morpholine rings is 1. The van der Waals surface area contributed by atoms with Gasteiger partial charge in [0.15, 0.2) is 15.7 Å². The van der Waals surface area contributed by atoms with Crippen LogP contribution in [0.2, 0.25) is 0 Å². The molecule has 1 aromatic heterocycles. The van der Waals surface area contributed by atoms with E-state index in [2.05, 4.69) is 5.16 Å². The van der Waals surface area contributed by atoms with Gasteiger partial charge in [0.25, 0.3) is 5.91 Å². The van der Waals surface area contributed by atoms with Gasteiger partial charge in [-0.3, -0.25) is 4.79 Å². The Morgan fingerprint density at radius 1 is 1.27 bits per heavy atom. The van der Waals surface area contributed by atoms with Crippen molar-refractivity contribution in [1.82, 2.24) is 15.0 Å². The van der Waals surface area contributed by atoms with E-state index in [-0.39, 0.29) is 35.9 Å². The lowest BCUT2D eigenvalue weighted by molar-refractivity contribution is 0.0738. The van der Waals surface area contributed by atoms with Gasteiger partial charge < -0.3 is 24.0 Å². The van der Waals surface area contributed by atoms with E-state index >= 15 is 0 Å². The first-order valence-electron chi connectivity index (χ1n) is 8.83. The Balaban J connectivity index is 1.49. The summed E-state index contributed by atoms with van der Waals surface area (Å²) < 4.78 is 35.5. The summed E-state index contributed by atoms with van der Waals surface area (Å²) in [5, 5.41) is 3.51. The van der Waals surface area contributed by atoms with Crippen LogP contribution in [0.15, 0.2) is 10.6 Å². The van der Waals surface area contributed by atoms with E-state index in [0.29, 0.717) is 38.7 Å². The fourth-order valence-electron chi connectivity index (χ4n) is 4.20. The standard InChI is InChI=1S/C16H24N4O5S/c1-18(2)12-10-26(22,23)14-9-20(8-11(12)14)16(21)13-7-15(17-25-13)19-3-5-24-6-4-19/h7,11-12,14H,3-6,8-10H2,1-2H3/t11-,12-,14-/m0/s1. The highest BCUT2D eigenvalue weighted by Crippen LogP contribution is 2.36. The van der Waals surface area contributed by atoms with Crippen LogP contribution in [0, 0.1) is 5.92 Å². The second-order valence-electron chi connectivity index (χ2n) is 7.42. The van der Waals surface area contributed by atoms with Crippen LogP contribution in [0.25, 0.3) is 0 Å². The number of hydrogen-bond donors (Lipinski definition) is 0. The van der Waals surface area contributed by atoms with Gasteiger partial charge in [0, 0.05) is 44.2 Å². The number of sulfone groups is 1. The SMILES string of the molecule is CN(C)[C@H]1CS(=O)(=O)[C@H]2CN(C(=O)c3cc(N4CCOCC4)no3)C[C@@H]12. The lowest BCUT2D eigenvalue weighted by Gasteiger charge is -2.25. The van der Waals surface area contributed by atoms with Crippen molar-refractivity contribution in [1.29, 1.82) is 0 Å². The third-order valence-electron chi connectivity index (χ3n) is 5.66. The molecule has 3 aliphatic rings. The summed E-state index contributed by atoms with van der Waals surface area (Å²) in [6.07, 6.45) is 0. The van der Waals surface area contributed by atoms with Crippen LogP contribution in [-0.4, -0.2) is 99.8 Å². The molecule has 26 heavy (non-hydrogen) atoms. The topological polar surface area (TPSA) is 96.2 Å². The second kappa shape index (κ2) is 6.50. The number of fused-ring (bicyclic) bond motifs is 1. The van der Waals surface area contributed by atoms with Gasteiger partial charge in [0.2, 0.25) is 5.76 Å². The molecule has 144 valence electrons. The van der Waals surface area contributed by atoms with Crippen LogP contribution in [0.5, 0.6) is 0 Å². The molecule has 3 fully saturated rings. The van der Waals surface area contributed by atoms with Crippen LogP contribution in [0.3, 0.4) is 0 Å². The van der Waals surface area contributed by atoms with Gasteiger partial charge in [-0.25, -0.2) is 8.42 Å². The van der Waals surface area contributed by atoms with E-state index in [1.807, 2.05) is 23.9 Å². The number of nitrogens with zero attached hydrogens (tertiary/aromatic N) is 4. The van der Waals surface area contributed by atoms with Crippen molar-refractivity contribution in [2.75, 3.05) is 64.1 Å². The molecule has 0 aromatic carbocycles. The molecule has 0 saturated carbocycles. The molecule has 0 aliphatic carbocycles. The average Bonchev–Trinajstić information content (AvgIpc) is 3.31. The maximum atomic E-state index is 12.8. The molecule has 10 heteroatoms. The maximum absolute atomic E-state index is 12.8. The highest BCUT2D eigenvalue weighted by atomic mass is 32.2. The van der Waals surface area contributed by atoms with E-state index in [1.54, 1.807) is 11.0 Å². The molecule has 0 bridgehead atoms. The molecule has 1 aromatic rings. The first kappa shape index (κ1) is 17.7. The average molecular weight is 384 g/mol. The van der Waals surface area contributed by atoms with E-state index in [1.165, 1.54) is 0 Å². The van der Waals surface area contributed by atoms with Gasteiger partial charge in [-0.1, -0.05) is 5.16 Å². The zero-order chi connectivity index (χ0) is 18.5. The van der Waals surface area contributed by atoms with Crippen molar-refractivity contribution in [2.45, 2.75) is 11.3 Å². The smallest absolute Gasteiger partial charge is 0.292 e. The van der Waals surface area contributed by atoms with Gasteiger partial charge in [0.1, 0.15) is 0 Å². The molecule has 4 heterocycles. The first-order valence-corrected chi connectivity index (χ1v) is 10.5. The van der Waals surface area contributed by atoms with Gasteiger partial charge >= 0.3 is 0 Å². The Morgan fingerprint density at radius 2 is 2.00 bits per heavy atom. The van der Waals surface area contributed by atoms with Crippen molar-refractivity contribution >= 4 is 21.6 Å². The lowest BCUT2D eigenvalue weighted by Crippen LogP contribution is -2.38. The summed E-state index contributed by atoms with van der Waals surface area (Å²) in [5.74, 6) is 0.598. The molecule has 9 nitrogen and oxygen atoms in total. The number of rotatable bonds is 3. The normalized spacial score (nSPS) is 30.8. The molecule has 0 radical (unpaired) electrons. The number of likely N-dealkylation sites (tertiary alicyclic amines) is 1. The lowest BCUT2D eigenvalue weighted by atomic mass is 10.00. The molecular formula is C16H24N4O5S. The highest BCUT2D eigenvalue weighted by molar-refractivity contribution is 7.92. The number of aromatic nitrogens is 1. The number of hydrogen-bond acceptors (Lipinski definition) is 8. The van der Waals surface area contributed by atoms with Crippen LogP contribution in [0.4, 0.5) is 5.82 Å². The molecule has 3 atom stereocenters. The van der Waals surface area contributed by atoms with Crippen LogP contribution >= 0.6 is 0 Å². The Kier molecular flexibility index (Phi) is 4.44. The maximum Gasteiger partial charge on any atom is 0.292 e. The zero-order valence-electron chi connectivity index (χ0n) is 15.0. The predicted molar refractivity (Wildman–Crippen MR) is 94.0 cm³/mol. The molecule has 0 spiro atoms. The molecule has 0 unspecified atom stereocenters. The van der Waals surface area contributed by atoms with Crippen LogP contribution in [0.1, 0.15) is 10.6 Å². The number of anilines is 1. The van der Waals surface area contributed by atoms with Gasteiger partial charge in [-0.2, -0.15) is 0 Å².